The molecule has 4 heterocycles. The molecule has 176 valence electrons. The van der Waals surface area contributed by atoms with Gasteiger partial charge in [-0.25, -0.2) is 9.78 Å². The normalized spacial score (nSPS) is 15.3. The fourth-order valence-corrected chi connectivity index (χ4v) is 4.98. The average molecular weight is 482 g/mol. The van der Waals surface area contributed by atoms with Crippen LogP contribution in [0.15, 0.2) is 27.8 Å². The fraction of sp³-hybridized carbons (Fsp3) is 0.400. The second-order valence-corrected chi connectivity index (χ2v) is 8.76. The molecule has 1 aliphatic heterocycles. The van der Waals surface area contributed by atoms with E-state index in [4.69, 9.17) is 5.73 Å². The van der Waals surface area contributed by atoms with Gasteiger partial charge in [0.1, 0.15) is 10.4 Å². The Morgan fingerprint density at radius 3 is 2.52 bits per heavy atom. The molecule has 4 rings (SSSR count). The van der Waals surface area contributed by atoms with Crippen LogP contribution in [0.4, 0.5) is 18.9 Å². The largest absolute Gasteiger partial charge is 0.435 e. The minimum absolute atomic E-state index is 0.0910. The minimum Gasteiger partial charge on any atom is -0.367 e. The quantitative estimate of drug-likeness (QED) is 0.571. The molecule has 3 aromatic rings. The van der Waals surface area contributed by atoms with Crippen molar-refractivity contribution >= 4 is 33.1 Å². The summed E-state index contributed by atoms with van der Waals surface area (Å²) in [6, 6.07) is 4.19. The van der Waals surface area contributed by atoms with E-state index in [-0.39, 0.29) is 17.8 Å². The number of rotatable bonds is 5. The van der Waals surface area contributed by atoms with Crippen LogP contribution in [0, 0.1) is 0 Å². The number of pyridine rings is 1. The summed E-state index contributed by atoms with van der Waals surface area (Å²) in [7, 11) is 0. The molecule has 3 N–H and O–H groups in total. The number of halogens is 3. The van der Waals surface area contributed by atoms with Gasteiger partial charge in [0.2, 0.25) is 0 Å². The van der Waals surface area contributed by atoms with Crippen molar-refractivity contribution < 1.29 is 18.0 Å². The number of alkyl halides is 3. The van der Waals surface area contributed by atoms with Crippen LogP contribution in [0.3, 0.4) is 0 Å². The number of aromatic amines is 1. The number of amides is 1. The van der Waals surface area contributed by atoms with Crippen LogP contribution >= 0.6 is 11.3 Å². The van der Waals surface area contributed by atoms with Crippen LogP contribution in [0.5, 0.6) is 0 Å². The molecule has 3 aromatic heterocycles. The molecule has 0 radical (unpaired) electrons. The van der Waals surface area contributed by atoms with Gasteiger partial charge in [0, 0.05) is 44.1 Å². The SMILES string of the molecule is CCn1c(=O)[nH]c2cc(CN3CCN(c4ccc(C(N)=O)nc4C(F)(F)F)CC3)sc2c1=O. The summed E-state index contributed by atoms with van der Waals surface area (Å²) in [5.41, 5.74) is 3.13. The van der Waals surface area contributed by atoms with Crippen LogP contribution in [-0.2, 0) is 19.3 Å². The molecule has 1 aliphatic rings. The number of fused-ring (bicyclic) bond motifs is 1. The standard InChI is InChI=1S/C20H21F3N6O3S/c1-2-29-18(31)15-13(26-19(29)32)9-11(33-15)10-27-5-7-28(8-6-27)14-4-3-12(17(24)30)25-16(14)20(21,22)23/h3-4,9H,2,5-8,10H2,1H3,(H2,24,30)(H,26,32). The van der Waals surface area contributed by atoms with Gasteiger partial charge in [-0.3, -0.25) is 19.1 Å². The first-order valence-corrected chi connectivity index (χ1v) is 11.0. The lowest BCUT2D eigenvalue weighted by molar-refractivity contribution is -0.140. The van der Waals surface area contributed by atoms with Crippen molar-refractivity contribution in [2.24, 2.45) is 5.73 Å². The molecular weight excluding hydrogens is 461 g/mol. The van der Waals surface area contributed by atoms with Gasteiger partial charge < -0.3 is 15.6 Å². The van der Waals surface area contributed by atoms with Gasteiger partial charge in [-0.1, -0.05) is 0 Å². The number of nitrogens with zero attached hydrogens (tertiary/aromatic N) is 4. The summed E-state index contributed by atoms with van der Waals surface area (Å²) >= 11 is 1.30. The van der Waals surface area contributed by atoms with E-state index in [0.717, 1.165) is 9.44 Å². The van der Waals surface area contributed by atoms with Gasteiger partial charge in [0.05, 0.1) is 11.2 Å². The molecule has 0 bridgehead atoms. The summed E-state index contributed by atoms with van der Waals surface area (Å²) in [5, 5.41) is 0. The highest BCUT2D eigenvalue weighted by Gasteiger charge is 2.38. The number of piperazine rings is 1. The number of hydrogen-bond donors (Lipinski definition) is 2. The molecule has 9 nitrogen and oxygen atoms in total. The summed E-state index contributed by atoms with van der Waals surface area (Å²) < 4.78 is 42.2. The first kappa shape index (κ1) is 23.0. The predicted octanol–water partition coefficient (Wildman–Crippen LogP) is 1.61. The van der Waals surface area contributed by atoms with E-state index >= 15 is 0 Å². The number of thiophene rings is 1. The molecule has 0 aliphatic carbocycles. The molecule has 13 heteroatoms. The summed E-state index contributed by atoms with van der Waals surface area (Å²) in [6.45, 7) is 4.12. The van der Waals surface area contributed by atoms with Crippen LogP contribution in [0.1, 0.15) is 28.0 Å². The maximum absolute atomic E-state index is 13.5. The maximum Gasteiger partial charge on any atom is 0.435 e. The number of hydrogen-bond acceptors (Lipinski definition) is 7. The van der Waals surface area contributed by atoms with Crippen molar-refractivity contribution in [2.45, 2.75) is 26.2 Å². The van der Waals surface area contributed by atoms with Crippen LogP contribution < -0.4 is 21.9 Å². The zero-order valence-electron chi connectivity index (χ0n) is 17.6. The van der Waals surface area contributed by atoms with Crippen LogP contribution in [0.2, 0.25) is 0 Å². The van der Waals surface area contributed by atoms with E-state index in [2.05, 4.69) is 14.9 Å². The van der Waals surface area contributed by atoms with E-state index in [1.807, 2.05) is 0 Å². The summed E-state index contributed by atoms with van der Waals surface area (Å²) in [5.74, 6) is -1.02. The molecule has 0 atom stereocenters. The Hall–Kier alpha value is -3.19. The van der Waals surface area contributed by atoms with Crippen molar-refractivity contribution in [3.05, 3.63) is 55.3 Å². The highest BCUT2D eigenvalue weighted by molar-refractivity contribution is 7.18. The second-order valence-electron chi connectivity index (χ2n) is 7.62. The van der Waals surface area contributed by atoms with Gasteiger partial charge in [0.15, 0.2) is 5.69 Å². The number of nitrogens with two attached hydrogens (primary N) is 1. The van der Waals surface area contributed by atoms with Gasteiger partial charge in [-0.05, 0) is 25.1 Å². The molecule has 0 aromatic carbocycles. The molecule has 1 amide bonds. The topological polar surface area (TPSA) is 117 Å². The van der Waals surface area contributed by atoms with Gasteiger partial charge in [-0.2, -0.15) is 13.2 Å². The number of anilines is 1. The zero-order chi connectivity index (χ0) is 23.9. The van der Waals surface area contributed by atoms with E-state index in [1.165, 1.54) is 23.5 Å². The monoisotopic (exact) mass is 482 g/mol. The first-order valence-electron chi connectivity index (χ1n) is 10.2. The highest BCUT2D eigenvalue weighted by Crippen LogP contribution is 2.36. The molecule has 0 saturated carbocycles. The molecule has 0 unspecified atom stereocenters. The van der Waals surface area contributed by atoms with E-state index in [9.17, 15) is 27.6 Å². The minimum atomic E-state index is -4.72. The molecule has 1 saturated heterocycles. The number of nitrogens with one attached hydrogen (secondary N) is 1. The van der Waals surface area contributed by atoms with Crippen molar-refractivity contribution in [2.75, 3.05) is 31.1 Å². The fourth-order valence-electron chi connectivity index (χ4n) is 3.88. The molecular formula is C20H21F3N6O3S. The number of aromatic nitrogens is 3. The zero-order valence-corrected chi connectivity index (χ0v) is 18.4. The Balaban J connectivity index is 1.50. The highest BCUT2D eigenvalue weighted by atomic mass is 32.1. The first-order chi connectivity index (χ1) is 15.6. The van der Waals surface area contributed by atoms with Crippen LogP contribution in [-0.4, -0.2) is 51.5 Å². The van der Waals surface area contributed by atoms with Gasteiger partial charge in [0.25, 0.3) is 11.5 Å². The second kappa shape index (κ2) is 8.63. The molecule has 1 fully saturated rings. The summed E-state index contributed by atoms with van der Waals surface area (Å²) in [6.07, 6.45) is -4.72. The van der Waals surface area contributed by atoms with E-state index in [1.54, 1.807) is 17.9 Å². The molecule has 33 heavy (non-hydrogen) atoms. The Kier molecular flexibility index (Phi) is 6.01. The van der Waals surface area contributed by atoms with Crippen molar-refractivity contribution in [1.29, 1.82) is 0 Å². The third-order valence-corrected chi connectivity index (χ3v) is 6.62. The van der Waals surface area contributed by atoms with Crippen molar-refractivity contribution in [1.82, 2.24) is 19.4 Å². The van der Waals surface area contributed by atoms with E-state index < -0.39 is 29.2 Å². The number of primary amides is 1. The summed E-state index contributed by atoms with van der Waals surface area (Å²) in [4.78, 5) is 46.4. The van der Waals surface area contributed by atoms with E-state index in [0.29, 0.717) is 42.9 Å². The maximum atomic E-state index is 13.5. The Bertz CT molecular complexity index is 1320. The molecule has 0 spiro atoms. The van der Waals surface area contributed by atoms with Crippen molar-refractivity contribution in [3.63, 3.8) is 0 Å². The number of H-pyrrole nitrogens is 1. The Labute approximate surface area is 189 Å². The Morgan fingerprint density at radius 2 is 1.91 bits per heavy atom. The third-order valence-electron chi connectivity index (χ3n) is 5.51. The van der Waals surface area contributed by atoms with Crippen LogP contribution in [0.25, 0.3) is 10.2 Å². The van der Waals surface area contributed by atoms with Gasteiger partial charge in [-0.15, -0.1) is 11.3 Å². The number of carbonyl (C=O) groups excluding carboxylic acids is 1. The van der Waals surface area contributed by atoms with Crippen molar-refractivity contribution in [3.8, 4) is 0 Å². The number of carbonyl (C=O) groups is 1. The Morgan fingerprint density at radius 1 is 1.21 bits per heavy atom. The average Bonchev–Trinajstić information content (AvgIpc) is 3.16. The lowest BCUT2D eigenvalue weighted by Crippen LogP contribution is -2.46. The lowest BCUT2D eigenvalue weighted by Gasteiger charge is -2.36. The van der Waals surface area contributed by atoms with Gasteiger partial charge >= 0.3 is 11.9 Å². The third kappa shape index (κ3) is 4.50. The smallest absolute Gasteiger partial charge is 0.367 e. The lowest BCUT2D eigenvalue weighted by atomic mass is 10.2. The predicted molar refractivity (Wildman–Crippen MR) is 118 cm³/mol.